The highest BCUT2D eigenvalue weighted by molar-refractivity contribution is 5.65. The molecule has 0 saturated carbocycles. The molecular formula is C29H42N4O. The summed E-state index contributed by atoms with van der Waals surface area (Å²) in [5.41, 5.74) is 5.73. The number of anilines is 1. The highest BCUT2D eigenvalue weighted by Gasteiger charge is 2.37. The molecule has 1 aromatic heterocycles. The van der Waals surface area contributed by atoms with Gasteiger partial charge in [-0.15, -0.1) is 0 Å². The number of hydrogen-bond donors (Lipinski definition) is 3. The zero-order chi connectivity index (χ0) is 23.9. The number of rotatable bonds is 5. The van der Waals surface area contributed by atoms with Crippen molar-refractivity contribution in [2.45, 2.75) is 88.8 Å². The Morgan fingerprint density at radius 1 is 1.00 bits per heavy atom. The van der Waals surface area contributed by atoms with Crippen LogP contribution in [0.25, 0.3) is 11.3 Å². The lowest BCUT2D eigenvalue weighted by atomic mass is 9.63. The number of nitrogens with zero attached hydrogens (tertiary/aromatic N) is 2. The molecule has 0 radical (unpaired) electrons. The molecule has 5 heteroatoms. The first-order valence-electron chi connectivity index (χ1n) is 13.3. The maximum Gasteiger partial charge on any atom is 0.129 e. The summed E-state index contributed by atoms with van der Waals surface area (Å²) in [5.74, 6) is 1.08. The van der Waals surface area contributed by atoms with Crippen LogP contribution < -0.4 is 15.5 Å². The van der Waals surface area contributed by atoms with Crippen LogP contribution in [0.2, 0.25) is 0 Å². The van der Waals surface area contributed by atoms with Crippen LogP contribution in [0.15, 0.2) is 36.4 Å². The standard InChI is InChI=1S/C29H42N4O/c1-28(2)13-14-29(3,4)23-18-20(8-9-22(23)28)24-6-5-7-27(32-24)33-16-11-21(12-17-33)31-19-25-26(34)10-15-30-25/h5-9,18,21,25-26,30-31,34H,10-17,19H2,1-4H3. The second-order valence-electron chi connectivity index (χ2n) is 12.0. The van der Waals surface area contributed by atoms with Gasteiger partial charge in [0.15, 0.2) is 0 Å². The summed E-state index contributed by atoms with van der Waals surface area (Å²) in [6, 6.07) is 14.2. The minimum absolute atomic E-state index is 0.198. The number of pyridine rings is 1. The van der Waals surface area contributed by atoms with Crippen LogP contribution in [0.3, 0.4) is 0 Å². The summed E-state index contributed by atoms with van der Waals surface area (Å²) in [6.07, 6.45) is 5.34. The molecule has 2 unspecified atom stereocenters. The third-order valence-electron chi connectivity index (χ3n) is 8.64. The molecule has 2 fully saturated rings. The van der Waals surface area contributed by atoms with Crippen molar-refractivity contribution in [2.75, 3.05) is 31.1 Å². The fraction of sp³-hybridized carbons (Fsp3) is 0.621. The number of benzene rings is 1. The number of aliphatic hydroxyl groups is 1. The lowest BCUT2D eigenvalue weighted by Gasteiger charge is -2.42. The van der Waals surface area contributed by atoms with E-state index in [0.717, 1.165) is 57.0 Å². The first-order chi connectivity index (χ1) is 16.2. The van der Waals surface area contributed by atoms with E-state index in [2.05, 4.69) is 79.6 Å². The molecule has 2 saturated heterocycles. The third kappa shape index (κ3) is 4.75. The highest BCUT2D eigenvalue weighted by Crippen LogP contribution is 2.46. The minimum atomic E-state index is -0.209. The number of hydrogen-bond acceptors (Lipinski definition) is 5. The van der Waals surface area contributed by atoms with Crippen molar-refractivity contribution >= 4 is 5.82 Å². The summed E-state index contributed by atoms with van der Waals surface area (Å²) in [4.78, 5) is 7.53. The van der Waals surface area contributed by atoms with E-state index in [9.17, 15) is 5.11 Å². The molecule has 2 aliphatic heterocycles. The molecule has 3 heterocycles. The average molecular weight is 463 g/mol. The SMILES string of the molecule is CC1(C)CCC(C)(C)c2cc(-c3cccc(N4CCC(NCC5NCCC5O)CC4)n3)ccc21. The summed E-state index contributed by atoms with van der Waals surface area (Å²) in [5, 5.41) is 17.1. The Kier molecular flexibility index (Phi) is 6.47. The van der Waals surface area contributed by atoms with Crippen molar-refractivity contribution in [1.29, 1.82) is 0 Å². The van der Waals surface area contributed by atoms with Gasteiger partial charge >= 0.3 is 0 Å². The van der Waals surface area contributed by atoms with E-state index < -0.39 is 0 Å². The summed E-state index contributed by atoms with van der Waals surface area (Å²) >= 11 is 0. The van der Waals surface area contributed by atoms with Gasteiger partial charge in [0.2, 0.25) is 0 Å². The van der Waals surface area contributed by atoms with Crippen molar-refractivity contribution in [2.24, 2.45) is 0 Å². The minimum Gasteiger partial charge on any atom is -0.391 e. The van der Waals surface area contributed by atoms with Crippen molar-refractivity contribution in [3.8, 4) is 11.3 Å². The van der Waals surface area contributed by atoms with Gasteiger partial charge in [-0.05, 0) is 78.8 Å². The van der Waals surface area contributed by atoms with Gasteiger partial charge in [0.25, 0.3) is 0 Å². The molecule has 3 aliphatic rings. The summed E-state index contributed by atoms with van der Waals surface area (Å²) < 4.78 is 0. The molecule has 0 spiro atoms. The van der Waals surface area contributed by atoms with Crippen LogP contribution >= 0.6 is 0 Å². The van der Waals surface area contributed by atoms with Crippen LogP contribution in [0.5, 0.6) is 0 Å². The predicted octanol–water partition coefficient (Wildman–Crippen LogP) is 4.38. The second kappa shape index (κ2) is 9.25. The van der Waals surface area contributed by atoms with E-state index >= 15 is 0 Å². The topological polar surface area (TPSA) is 60.4 Å². The third-order valence-corrected chi connectivity index (χ3v) is 8.64. The maximum absolute atomic E-state index is 10.0. The highest BCUT2D eigenvalue weighted by atomic mass is 16.3. The lowest BCUT2D eigenvalue weighted by Crippen LogP contribution is -2.48. The normalized spacial score (nSPS) is 26.4. The zero-order valence-corrected chi connectivity index (χ0v) is 21.4. The van der Waals surface area contributed by atoms with Gasteiger partial charge in [0, 0.05) is 37.3 Å². The van der Waals surface area contributed by atoms with Crippen molar-refractivity contribution < 1.29 is 5.11 Å². The molecule has 34 heavy (non-hydrogen) atoms. The molecule has 1 aromatic carbocycles. The maximum atomic E-state index is 10.0. The van der Waals surface area contributed by atoms with Crippen molar-refractivity contribution in [3.63, 3.8) is 0 Å². The van der Waals surface area contributed by atoms with Crippen LogP contribution in [-0.2, 0) is 10.8 Å². The lowest BCUT2D eigenvalue weighted by molar-refractivity contribution is 0.155. The number of nitrogens with one attached hydrogen (secondary N) is 2. The molecule has 5 nitrogen and oxygen atoms in total. The molecule has 5 rings (SSSR count). The van der Waals surface area contributed by atoms with Crippen LogP contribution in [0.4, 0.5) is 5.82 Å². The quantitative estimate of drug-likeness (QED) is 0.616. The van der Waals surface area contributed by atoms with Crippen LogP contribution in [0, 0.1) is 0 Å². The smallest absolute Gasteiger partial charge is 0.129 e. The van der Waals surface area contributed by atoms with Gasteiger partial charge in [-0.25, -0.2) is 4.98 Å². The van der Waals surface area contributed by atoms with Crippen molar-refractivity contribution in [1.82, 2.24) is 15.6 Å². The molecule has 0 bridgehead atoms. The van der Waals surface area contributed by atoms with E-state index in [1.54, 1.807) is 0 Å². The molecule has 0 amide bonds. The zero-order valence-electron chi connectivity index (χ0n) is 21.4. The Bertz CT molecular complexity index is 1010. The summed E-state index contributed by atoms with van der Waals surface area (Å²) in [6.45, 7) is 13.3. The van der Waals surface area contributed by atoms with E-state index in [1.165, 1.54) is 29.5 Å². The average Bonchev–Trinajstić information content (AvgIpc) is 3.25. The fourth-order valence-electron chi connectivity index (χ4n) is 6.08. The van der Waals surface area contributed by atoms with Gasteiger partial charge in [-0.2, -0.15) is 0 Å². The predicted molar refractivity (Wildman–Crippen MR) is 141 cm³/mol. The van der Waals surface area contributed by atoms with Gasteiger partial charge < -0.3 is 20.6 Å². The Morgan fingerprint density at radius 2 is 1.74 bits per heavy atom. The first kappa shape index (κ1) is 23.8. The molecular weight excluding hydrogens is 420 g/mol. The largest absolute Gasteiger partial charge is 0.391 e. The van der Waals surface area contributed by atoms with E-state index in [4.69, 9.17) is 4.98 Å². The Hall–Kier alpha value is -1.95. The van der Waals surface area contributed by atoms with Crippen LogP contribution in [-0.4, -0.2) is 54.5 Å². The van der Waals surface area contributed by atoms with E-state index in [-0.39, 0.29) is 23.0 Å². The van der Waals surface area contributed by atoms with Gasteiger partial charge in [0.05, 0.1) is 11.8 Å². The molecule has 2 aromatic rings. The summed E-state index contributed by atoms with van der Waals surface area (Å²) in [7, 11) is 0. The Labute approximate surface area is 205 Å². The fourth-order valence-corrected chi connectivity index (χ4v) is 6.08. The monoisotopic (exact) mass is 462 g/mol. The molecule has 3 N–H and O–H groups in total. The van der Waals surface area contributed by atoms with Crippen molar-refractivity contribution in [3.05, 3.63) is 47.5 Å². The van der Waals surface area contributed by atoms with Gasteiger partial charge in [-0.3, -0.25) is 0 Å². The first-order valence-corrected chi connectivity index (χ1v) is 13.3. The van der Waals surface area contributed by atoms with E-state index in [0.29, 0.717) is 6.04 Å². The molecule has 2 atom stereocenters. The molecule has 184 valence electrons. The molecule has 1 aliphatic carbocycles. The van der Waals surface area contributed by atoms with Gasteiger partial charge in [-0.1, -0.05) is 45.9 Å². The van der Waals surface area contributed by atoms with E-state index in [1.807, 2.05) is 0 Å². The second-order valence-corrected chi connectivity index (χ2v) is 12.0. The Balaban J connectivity index is 1.27. The van der Waals surface area contributed by atoms with Gasteiger partial charge in [0.1, 0.15) is 5.82 Å². The number of aromatic nitrogens is 1. The number of piperidine rings is 1. The number of aliphatic hydroxyl groups excluding tert-OH is 1. The number of fused-ring (bicyclic) bond motifs is 1. The van der Waals surface area contributed by atoms with Crippen LogP contribution in [0.1, 0.15) is 70.9 Å². The Morgan fingerprint density at radius 3 is 2.44 bits per heavy atom.